The summed E-state index contributed by atoms with van der Waals surface area (Å²) >= 11 is 0. The highest BCUT2D eigenvalue weighted by Gasteiger charge is 2.27. The smallest absolute Gasteiger partial charge is 0.289 e. The fourth-order valence-electron chi connectivity index (χ4n) is 4.50. The van der Waals surface area contributed by atoms with Crippen molar-refractivity contribution in [3.05, 3.63) is 54.0 Å². The average Bonchev–Trinajstić information content (AvgIpc) is 3.24. The molecule has 0 radical (unpaired) electrons. The Morgan fingerprint density at radius 1 is 0.933 bits per heavy atom. The predicted molar refractivity (Wildman–Crippen MR) is 117 cm³/mol. The number of anilines is 1. The fourth-order valence-corrected chi connectivity index (χ4v) is 4.50. The molecule has 2 aliphatic rings. The molecule has 0 unspecified atom stereocenters. The molecule has 30 heavy (non-hydrogen) atoms. The van der Waals surface area contributed by atoms with Crippen molar-refractivity contribution in [2.24, 2.45) is 5.92 Å². The minimum Gasteiger partial charge on any atom is -0.459 e. The SMILES string of the molecule is Cc1ccoc1C(=O)N1CCC(CCC(=O)N2CCN(c3ccccc3)CC2)CC1. The highest BCUT2D eigenvalue weighted by molar-refractivity contribution is 5.92. The molecule has 2 saturated heterocycles. The van der Waals surface area contributed by atoms with Crippen molar-refractivity contribution < 1.29 is 14.0 Å². The molecule has 2 aromatic rings. The number of aryl methyl sites for hydroxylation is 1. The molecule has 0 atom stereocenters. The fraction of sp³-hybridized carbons (Fsp3) is 0.500. The monoisotopic (exact) mass is 409 g/mol. The van der Waals surface area contributed by atoms with Crippen LogP contribution in [0.2, 0.25) is 0 Å². The van der Waals surface area contributed by atoms with Gasteiger partial charge < -0.3 is 19.1 Å². The molecule has 0 saturated carbocycles. The molecule has 1 aromatic heterocycles. The molecule has 1 aromatic carbocycles. The van der Waals surface area contributed by atoms with Crippen LogP contribution in [-0.4, -0.2) is 60.9 Å². The second-order valence-corrected chi connectivity index (χ2v) is 8.41. The zero-order chi connectivity index (χ0) is 20.9. The standard InChI is InChI=1S/C24H31N3O3/c1-19-11-18-30-23(19)24(29)27-12-9-20(10-13-27)7-8-22(28)26-16-14-25(15-17-26)21-5-3-2-4-6-21/h2-6,11,18,20H,7-10,12-17H2,1H3. The molecule has 0 spiro atoms. The van der Waals surface area contributed by atoms with Crippen molar-refractivity contribution in [3.8, 4) is 0 Å². The van der Waals surface area contributed by atoms with E-state index < -0.39 is 0 Å². The number of piperidine rings is 1. The van der Waals surface area contributed by atoms with Crippen molar-refractivity contribution in [1.29, 1.82) is 0 Å². The zero-order valence-electron chi connectivity index (χ0n) is 17.8. The number of amides is 2. The number of likely N-dealkylation sites (tertiary alicyclic amines) is 1. The van der Waals surface area contributed by atoms with Gasteiger partial charge in [-0.25, -0.2) is 0 Å². The lowest BCUT2D eigenvalue weighted by Gasteiger charge is -2.36. The first-order chi connectivity index (χ1) is 14.6. The van der Waals surface area contributed by atoms with E-state index in [9.17, 15) is 9.59 Å². The molecule has 6 nitrogen and oxygen atoms in total. The number of furan rings is 1. The Hall–Kier alpha value is -2.76. The van der Waals surface area contributed by atoms with Crippen LogP contribution in [0.15, 0.2) is 47.1 Å². The minimum atomic E-state index is -0.0108. The van der Waals surface area contributed by atoms with Gasteiger partial charge in [-0.3, -0.25) is 9.59 Å². The van der Waals surface area contributed by atoms with E-state index in [1.807, 2.05) is 28.9 Å². The molecule has 2 amide bonds. The second-order valence-electron chi connectivity index (χ2n) is 8.41. The first-order valence-electron chi connectivity index (χ1n) is 11.0. The number of nitrogens with zero attached hydrogens (tertiary/aromatic N) is 3. The molecule has 0 N–H and O–H groups in total. The average molecular weight is 410 g/mol. The topological polar surface area (TPSA) is 57.0 Å². The summed E-state index contributed by atoms with van der Waals surface area (Å²) in [6, 6.07) is 12.2. The van der Waals surface area contributed by atoms with Crippen molar-refractivity contribution in [1.82, 2.24) is 9.80 Å². The molecule has 2 aliphatic heterocycles. The van der Waals surface area contributed by atoms with Crippen LogP contribution in [0.4, 0.5) is 5.69 Å². The first kappa shape index (κ1) is 20.5. The van der Waals surface area contributed by atoms with Crippen molar-refractivity contribution in [2.75, 3.05) is 44.2 Å². The van der Waals surface area contributed by atoms with Gasteiger partial charge in [0.15, 0.2) is 5.76 Å². The van der Waals surface area contributed by atoms with Gasteiger partial charge in [-0.05, 0) is 50.3 Å². The molecule has 4 rings (SSSR count). The Morgan fingerprint density at radius 2 is 1.63 bits per heavy atom. The van der Waals surface area contributed by atoms with Gasteiger partial charge in [0.2, 0.25) is 5.91 Å². The Kier molecular flexibility index (Phi) is 6.41. The third-order valence-corrected chi connectivity index (χ3v) is 6.48. The summed E-state index contributed by atoms with van der Waals surface area (Å²) in [7, 11) is 0. The van der Waals surface area contributed by atoms with Gasteiger partial charge in [0.1, 0.15) is 0 Å². The number of hydrogen-bond acceptors (Lipinski definition) is 4. The Bertz CT molecular complexity index is 848. The van der Waals surface area contributed by atoms with Crippen molar-refractivity contribution in [2.45, 2.75) is 32.6 Å². The van der Waals surface area contributed by atoms with Gasteiger partial charge in [-0.15, -0.1) is 0 Å². The van der Waals surface area contributed by atoms with Crippen LogP contribution < -0.4 is 4.90 Å². The van der Waals surface area contributed by atoms with E-state index in [2.05, 4.69) is 29.2 Å². The Balaban J connectivity index is 1.18. The molecular formula is C24H31N3O3. The Morgan fingerprint density at radius 3 is 2.27 bits per heavy atom. The number of benzene rings is 1. The van der Waals surface area contributed by atoms with E-state index in [-0.39, 0.29) is 11.8 Å². The maximum Gasteiger partial charge on any atom is 0.289 e. The van der Waals surface area contributed by atoms with Gasteiger partial charge in [0.25, 0.3) is 5.91 Å². The minimum absolute atomic E-state index is 0.0108. The summed E-state index contributed by atoms with van der Waals surface area (Å²) < 4.78 is 5.34. The second kappa shape index (κ2) is 9.37. The Labute approximate surface area is 178 Å². The number of piperazine rings is 1. The lowest BCUT2D eigenvalue weighted by Crippen LogP contribution is -2.48. The summed E-state index contributed by atoms with van der Waals surface area (Å²) in [5, 5.41) is 0. The highest BCUT2D eigenvalue weighted by Crippen LogP contribution is 2.25. The molecule has 3 heterocycles. The van der Waals surface area contributed by atoms with Crippen LogP contribution in [0.25, 0.3) is 0 Å². The van der Waals surface area contributed by atoms with Crippen LogP contribution >= 0.6 is 0 Å². The van der Waals surface area contributed by atoms with Crippen LogP contribution in [0.5, 0.6) is 0 Å². The van der Waals surface area contributed by atoms with Gasteiger partial charge in [-0.2, -0.15) is 0 Å². The molecule has 0 bridgehead atoms. The van der Waals surface area contributed by atoms with E-state index in [0.717, 1.165) is 64.1 Å². The van der Waals surface area contributed by atoms with Gasteiger partial charge in [-0.1, -0.05) is 18.2 Å². The lowest BCUT2D eigenvalue weighted by molar-refractivity contribution is -0.131. The third kappa shape index (κ3) is 4.69. The number of rotatable bonds is 5. The third-order valence-electron chi connectivity index (χ3n) is 6.48. The van der Waals surface area contributed by atoms with Crippen molar-refractivity contribution >= 4 is 17.5 Å². The number of carbonyl (C=O) groups is 2. The normalized spacial score (nSPS) is 18.0. The number of para-hydroxylation sites is 1. The van der Waals surface area contributed by atoms with E-state index >= 15 is 0 Å². The van der Waals surface area contributed by atoms with Crippen molar-refractivity contribution in [3.63, 3.8) is 0 Å². The van der Waals surface area contributed by atoms with Crippen LogP contribution in [0.1, 0.15) is 41.8 Å². The predicted octanol–water partition coefficient (Wildman–Crippen LogP) is 3.57. The van der Waals surface area contributed by atoms with Gasteiger partial charge >= 0.3 is 0 Å². The van der Waals surface area contributed by atoms with Gasteiger partial charge in [0, 0.05) is 56.9 Å². The maximum absolute atomic E-state index is 12.7. The largest absolute Gasteiger partial charge is 0.459 e. The summed E-state index contributed by atoms with van der Waals surface area (Å²) in [6.45, 7) is 6.76. The number of carbonyl (C=O) groups excluding carboxylic acids is 2. The van der Waals surface area contributed by atoms with Crippen LogP contribution in [0.3, 0.4) is 0 Å². The van der Waals surface area contributed by atoms with Gasteiger partial charge in [0.05, 0.1) is 6.26 Å². The summed E-state index contributed by atoms with van der Waals surface area (Å²) in [5.41, 5.74) is 2.12. The number of hydrogen-bond donors (Lipinski definition) is 0. The summed E-state index contributed by atoms with van der Waals surface area (Å²) in [6.07, 6.45) is 5.02. The van der Waals surface area contributed by atoms with E-state index in [1.54, 1.807) is 6.26 Å². The first-order valence-corrected chi connectivity index (χ1v) is 11.0. The van der Waals surface area contributed by atoms with E-state index in [4.69, 9.17) is 4.42 Å². The molecule has 2 fully saturated rings. The maximum atomic E-state index is 12.7. The zero-order valence-corrected chi connectivity index (χ0v) is 17.8. The van der Waals surface area contributed by atoms with E-state index in [0.29, 0.717) is 18.1 Å². The lowest BCUT2D eigenvalue weighted by atomic mass is 9.91. The highest BCUT2D eigenvalue weighted by atomic mass is 16.3. The molecule has 6 heteroatoms. The molecular weight excluding hydrogens is 378 g/mol. The van der Waals surface area contributed by atoms with E-state index in [1.165, 1.54) is 5.69 Å². The summed E-state index contributed by atoms with van der Waals surface area (Å²) in [5.74, 6) is 1.23. The van der Waals surface area contributed by atoms with Crippen LogP contribution in [0, 0.1) is 12.8 Å². The molecule has 160 valence electrons. The quantitative estimate of drug-likeness (QED) is 0.758. The molecule has 0 aliphatic carbocycles. The summed E-state index contributed by atoms with van der Waals surface area (Å²) in [4.78, 5) is 31.5. The van der Waals surface area contributed by atoms with Crippen LogP contribution in [-0.2, 0) is 4.79 Å².